The van der Waals surface area contributed by atoms with Crippen LogP contribution in [0, 0.1) is 11.6 Å². The van der Waals surface area contributed by atoms with Crippen molar-refractivity contribution < 1.29 is 13.6 Å². The summed E-state index contributed by atoms with van der Waals surface area (Å²) < 4.78 is 26.3. The van der Waals surface area contributed by atoms with Crippen molar-refractivity contribution in [3.63, 3.8) is 0 Å². The third-order valence-corrected chi connectivity index (χ3v) is 3.75. The molecule has 0 atom stereocenters. The summed E-state index contributed by atoms with van der Waals surface area (Å²) in [5.41, 5.74) is 0.252. The highest BCUT2D eigenvalue weighted by Gasteiger charge is 2.23. The molecule has 1 aliphatic rings. The molecule has 0 bridgehead atoms. The Morgan fingerprint density at radius 3 is 2.40 bits per heavy atom. The van der Waals surface area contributed by atoms with Gasteiger partial charge in [0.05, 0.1) is 6.42 Å². The fourth-order valence-corrected chi connectivity index (χ4v) is 2.43. The predicted octanol–water partition coefficient (Wildman–Crippen LogP) is 2.06. The largest absolute Gasteiger partial charge is 0.340 e. The number of hydrogen-bond donors (Lipinski definition) is 0. The number of amides is 1. The quantitative estimate of drug-likeness (QED) is 0.847. The number of benzene rings is 1. The number of hydrogen-bond acceptors (Lipinski definition) is 2. The molecular formula is C15H20F2N2O. The molecule has 5 heteroatoms. The van der Waals surface area contributed by atoms with Gasteiger partial charge in [-0.05, 0) is 25.5 Å². The van der Waals surface area contributed by atoms with E-state index in [2.05, 4.69) is 18.7 Å². The Morgan fingerprint density at radius 2 is 1.85 bits per heavy atom. The van der Waals surface area contributed by atoms with Crippen molar-refractivity contribution in [1.29, 1.82) is 0 Å². The maximum absolute atomic E-state index is 13.5. The van der Waals surface area contributed by atoms with E-state index < -0.39 is 11.6 Å². The van der Waals surface area contributed by atoms with Gasteiger partial charge in [-0.2, -0.15) is 0 Å². The second-order valence-corrected chi connectivity index (χ2v) is 5.42. The molecule has 1 saturated heterocycles. The Hall–Kier alpha value is -1.49. The minimum absolute atomic E-state index is 0.00616. The molecular weight excluding hydrogens is 262 g/mol. The smallest absolute Gasteiger partial charge is 0.227 e. The van der Waals surface area contributed by atoms with Crippen LogP contribution in [0.1, 0.15) is 19.4 Å². The highest BCUT2D eigenvalue weighted by molar-refractivity contribution is 5.79. The number of carbonyl (C=O) groups is 1. The Bertz CT molecular complexity index is 483. The zero-order chi connectivity index (χ0) is 14.7. The van der Waals surface area contributed by atoms with E-state index >= 15 is 0 Å². The zero-order valence-electron chi connectivity index (χ0n) is 11.9. The topological polar surface area (TPSA) is 23.6 Å². The number of piperazine rings is 1. The summed E-state index contributed by atoms with van der Waals surface area (Å²) in [6.07, 6.45) is -0.00616. The summed E-state index contributed by atoms with van der Waals surface area (Å²) in [5.74, 6) is -1.37. The first-order valence-electron chi connectivity index (χ1n) is 6.93. The van der Waals surface area contributed by atoms with Gasteiger partial charge in [0.25, 0.3) is 0 Å². The molecule has 20 heavy (non-hydrogen) atoms. The van der Waals surface area contributed by atoms with E-state index in [0.717, 1.165) is 19.2 Å². The second kappa shape index (κ2) is 6.31. The van der Waals surface area contributed by atoms with Crippen molar-refractivity contribution in [1.82, 2.24) is 9.80 Å². The Balaban J connectivity index is 1.93. The molecule has 1 aromatic rings. The summed E-state index contributed by atoms with van der Waals surface area (Å²) in [6.45, 7) is 7.28. The molecule has 0 aliphatic carbocycles. The zero-order valence-corrected chi connectivity index (χ0v) is 11.9. The summed E-state index contributed by atoms with van der Waals surface area (Å²) in [4.78, 5) is 16.2. The van der Waals surface area contributed by atoms with E-state index in [0.29, 0.717) is 19.1 Å². The van der Waals surface area contributed by atoms with Crippen LogP contribution in [0.3, 0.4) is 0 Å². The van der Waals surface area contributed by atoms with Crippen LogP contribution < -0.4 is 0 Å². The molecule has 0 spiro atoms. The molecule has 0 aromatic heterocycles. The van der Waals surface area contributed by atoms with Gasteiger partial charge in [-0.25, -0.2) is 8.78 Å². The highest BCUT2D eigenvalue weighted by atomic mass is 19.1. The molecule has 0 saturated carbocycles. The molecule has 0 N–H and O–H groups in total. The maximum Gasteiger partial charge on any atom is 0.227 e. The van der Waals surface area contributed by atoms with Gasteiger partial charge in [0.1, 0.15) is 11.6 Å². The first-order valence-corrected chi connectivity index (χ1v) is 6.93. The molecule has 0 unspecified atom stereocenters. The fraction of sp³-hybridized carbons (Fsp3) is 0.533. The van der Waals surface area contributed by atoms with E-state index in [1.807, 2.05) is 0 Å². The van der Waals surface area contributed by atoms with Crippen LogP contribution in [0.5, 0.6) is 0 Å². The summed E-state index contributed by atoms with van der Waals surface area (Å²) in [7, 11) is 0. The lowest BCUT2D eigenvalue weighted by atomic mass is 10.1. The van der Waals surface area contributed by atoms with Crippen molar-refractivity contribution in [2.75, 3.05) is 26.2 Å². The fourth-order valence-electron chi connectivity index (χ4n) is 2.43. The van der Waals surface area contributed by atoms with Crippen molar-refractivity contribution in [2.45, 2.75) is 26.3 Å². The number of nitrogens with zero attached hydrogens (tertiary/aromatic N) is 2. The Labute approximate surface area is 118 Å². The molecule has 1 amide bonds. The van der Waals surface area contributed by atoms with Gasteiger partial charge < -0.3 is 4.90 Å². The molecule has 1 fully saturated rings. The molecule has 3 nitrogen and oxygen atoms in total. The van der Waals surface area contributed by atoms with Gasteiger partial charge in [-0.3, -0.25) is 9.69 Å². The standard InChI is InChI=1S/C15H20F2N2O/c1-11(2)18-5-7-19(8-6-18)15(20)9-12-3-4-13(16)10-14(12)17/h3-4,10-11H,5-9H2,1-2H3. The van der Waals surface area contributed by atoms with Crippen molar-refractivity contribution in [3.05, 3.63) is 35.4 Å². The van der Waals surface area contributed by atoms with E-state index in [9.17, 15) is 13.6 Å². The van der Waals surface area contributed by atoms with E-state index in [1.165, 1.54) is 12.1 Å². The van der Waals surface area contributed by atoms with Crippen LogP contribution >= 0.6 is 0 Å². The Morgan fingerprint density at radius 1 is 1.20 bits per heavy atom. The second-order valence-electron chi connectivity index (χ2n) is 5.42. The maximum atomic E-state index is 13.5. The summed E-state index contributed by atoms with van der Waals surface area (Å²) in [5, 5.41) is 0. The van der Waals surface area contributed by atoms with Crippen molar-refractivity contribution in [2.24, 2.45) is 0 Å². The van der Waals surface area contributed by atoms with Gasteiger partial charge in [0, 0.05) is 38.3 Å². The van der Waals surface area contributed by atoms with Gasteiger partial charge >= 0.3 is 0 Å². The summed E-state index contributed by atoms with van der Waals surface area (Å²) in [6, 6.07) is 3.82. The molecule has 1 aliphatic heterocycles. The molecule has 2 rings (SSSR count). The van der Waals surface area contributed by atoms with Crippen LogP contribution in [0.15, 0.2) is 18.2 Å². The molecule has 110 valence electrons. The first-order chi connectivity index (χ1) is 9.47. The van der Waals surface area contributed by atoms with Crippen LogP contribution in [-0.4, -0.2) is 47.9 Å². The molecule has 0 radical (unpaired) electrons. The number of rotatable bonds is 3. The summed E-state index contributed by atoms with van der Waals surface area (Å²) >= 11 is 0. The molecule has 1 aromatic carbocycles. The first kappa shape index (κ1) is 14.9. The van der Waals surface area contributed by atoms with E-state index in [-0.39, 0.29) is 17.9 Å². The van der Waals surface area contributed by atoms with Crippen molar-refractivity contribution in [3.8, 4) is 0 Å². The highest BCUT2D eigenvalue weighted by Crippen LogP contribution is 2.13. The minimum atomic E-state index is -0.654. The lowest BCUT2D eigenvalue weighted by molar-refractivity contribution is -0.132. The van der Waals surface area contributed by atoms with Crippen LogP contribution in [0.25, 0.3) is 0 Å². The Kier molecular flexibility index (Phi) is 4.70. The predicted molar refractivity (Wildman–Crippen MR) is 73.4 cm³/mol. The number of halogens is 2. The lowest BCUT2D eigenvalue weighted by Gasteiger charge is -2.37. The average Bonchev–Trinajstić information content (AvgIpc) is 2.42. The van der Waals surface area contributed by atoms with Gasteiger partial charge in [-0.15, -0.1) is 0 Å². The molecule has 1 heterocycles. The minimum Gasteiger partial charge on any atom is -0.340 e. The number of carbonyl (C=O) groups excluding carboxylic acids is 1. The van der Waals surface area contributed by atoms with Gasteiger partial charge in [0.2, 0.25) is 5.91 Å². The van der Waals surface area contributed by atoms with Crippen LogP contribution in [0.2, 0.25) is 0 Å². The third kappa shape index (κ3) is 3.54. The van der Waals surface area contributed by atoms with Crippen molar-refractivity contribution >= 4 is 5.91 Å². The van der Waals surface area contributed by atoms with Gasteiger partial charge in [-0.1, -0.05) is 6.07 Å². The van der Waals surface area contributed by atoms with Crippen LogP contribution in [-0.2, 0) is 11.2 Å². The normalized spacial score (nSPS) is 16.8. The van der Waals surface area contributed by atoms with Gasteiger partial charge in [0.15, 0.2) is 0 Å². The third-order valence-electron chi connectivity index (χ3n) is 3.75. The lowest BCUT2D eigenvalue weighted by Crippen LogP contribution is -2.51. The van der Waals surface area contributed by atoms with Crippen LogP contribution in [0.4, 0.5) is 8.78 Å². The van der Waals surface area contributed by atoms with E-state index in [1.54, 1.807) is 4.90 Å². The average molecular weight is 282 g/mol. The van der Waals surface area contributed by atoms with E-state index in [4.69, 9.17) is 0 Å². The SMILES string of the molecule is CC(C)N1CCN(C(=O)Cc2ccc(F)cc2F)CC1. The monoisotopic (exact) mass is 282 g/mol.